The van der Waals surface area contributed by atoms with E-state index in [1.165, 1.54) is 13.8 Å². The summed E-state index contributed by atoms with van der Waals surface area (Å²) in [5, 5.41) is 37.5. The van der Waals surface area contributed by atoms with Crippen molar-refractivity contribution in [2.45, 2.75) is 82.5 Å². The van der Waals surface area contributed by atoms with Gasteiger partial charge in [-0.1, -0.05) is 74.5 Å². The van der Waals surface area contributed by atoms with Crippen molar-refractivity contribution in [2.24, 2.45) is 11.7 Å². The number of carboxylic acid groups (broad SMARTS) is 3. The Morgan fingerprint density at radius 2 is 1.31 bits per heavy atom. The molecular formula is C37H45N7O15. The summed E-state index contributed by atoms with van der Waals surface area (Å²) in [6, 6.07) is 10.6. The number of epoxide rings is 1. The SMILES string of the molecule is CC(C)[C@H](NC(=O)C(CCC(=O)O)NC(=O)[C@H](CC(=O)O)NC(=O)OCc1ccccc1)C(=O)NN(CC(=O)O)C(=O)[C@H]1O[C@@H]1C(=O)N[C@@H](Cc1ccccc1)C(N)=O. The van der Waals surface area contributed by atoms with Crippen molar-refractivity contribution >= 4 is 59.4 Å². The van der Waals surface area contributed by atoms with Crippen LogP contribution in [0.3, 0.4) is 0 Å². The lowest BCUT2D eigenvalue weighted by Crippen LogP contribution is -2.60. The average molecular weight is 828 g/mol. The van der Waals surface area contributed by atoms with Gasteiger partial charge in [-0.15, -0.1) is 0 Å². The zero-order chi connectivity index (χ0) is 43.8. The Balaban J connectivity index is 1.70. The molecular weight excluding hydrogens is 782 g/mol. The second kappa shape index (κ2) is 22.0. The number of benzene rings is 2. The van der Waals surface area contributed by atoms with Gasteiger partial charge in [0.2, 0.25) is 17.7 Å². The average Bonchev–Trinajstić information content (AvgIpc) is 3.98. The topological polar surface area (TPSA) is 343 Å². The van der Waals surface area contributed by atoms with E-state index in [9.17, 15) is 63.3 Å². The number of ether oxygens (including phenoxy) is 2. The summed E-state index contributed by atoms with van der Waals surface area (Å²) in [5.74, 6) is -11.8. The molecule has 1 unspecified atom stereocenters. The van der Waals surface area contributed by atoms with Crippen LogP contribution in [0.25, 0.3) is 0 Å². The third-order valence-electron chi connectivity index (χ3n) is 8.47. The van der Waals surface area contributed by atoms with Gasteiger partial charge in [0.15, 0.2) is 12.2 Å². The molecule has 10 N–H and O–H groups in total. The molecule has 0 radical (unpaired) electrons. The van der Waals surface area contributed by atoms with Crippen molar-refractivity contribution in [3.8, 4) is 0 Å². The summed E-state index contributed by atoms with van der Waals surface area (Å²) < 4.78 is 10.2. The Bertz CT molecular complexity index is 1880. The van der Waals surface area contributed by atoms with Crippen LogP contribution in [0.1, 0.15) is 44.2 Å². The number of carbonyl (C=O) groups excluding carboxylic acids is 7. The maximum Gasteiger partial charge on any atom is 0.408 e. The highest BCUT2D eigenvalue weighted by molar-refractivity contribution is 5.99. The first kappa shape index (κ1) is 46.3. The highest BCUT2D eigenvalue weighted by atomic mass is 16.6. The van der Waals surface area contributed by atoms with E-state index >= 15 is 0 Å². The molecule has 0 bridgehead atoms. The second-order valence-corrected chi connectivity index (χ2v) is 13.5. The first-order valence-electron chi connectivity index (χ1n) is 18.0. The van der Waals surface area contributed by atoms with Gasteiger partial charge in [-0.2, -0.15) is 0 Å². The molecule has 0 aromatic heterocycles. The lowest BCUT2D eigenvalue weighted by atomic mass is 10.0. The molecule has 7 amide bonds. The molecule has 1 aliphatic rings. The van der Waals surface area contributed by atoms with E-state index in [-0.39, 0.29) is 13.0 Å². The summed E-state index contributed by atoms with van der Waals surface area (Å²) >= 11 is 0. The molecule has 1 heterocycles. The van der Waals surface area contributed by atoms with E-state index in [1.807, 2.05) is 0 Å². The van der Waals surface area contributed by atoms with E-state index in [4.69, 9.17) is 15.2 Å². The second-order valence-electron chi connectivity index (χ2n) is 13.5. The number of hydrazine groups is 1. The van der Waals surface area contributed by atoms with Crippen LogP contribution in [-0.4, -0.2) is 123 Å². The minimum absolute atomic E-state index is 0.0151. The largest absolute Gasteiger partial charge is 0.481 e. The zero-order valence-corrected chi connectivity index (χ0v) is 31.8. The van der Waals surface area contributed by atoms with E-state index in [2.05, 4.69) is 26.7 Å². The lowest BCUT2D eigenvalue weighted by Gasteiger charge is -2.28. The van der Waals surface area contributed by atoms with E-state index in [1.54, 1.807) is 60.7 Å². The minimum Gasteiger partial charge on any atom is -0.481 e. The number of nitrogens with two attached hydrogens (primary N) is 1. The number of aliphatic carboxylic acids is 3. The first-order chi connectivity index (χ1) is 27.9. The minimum atomic E-state index is -1.81. The van der Waals surface area contributed by atoms with Crippen molar-refractivity contribution in [1.82, 2.24) is 31.7 Å². The third kappa shape index (κ3) is 15.4. The standard InChI is InChI=1S/C37H45N7O15/c1-19(2)28(34(54)43-44(17-27(49)50)36(56)30-29(59-30)35(55)40-23(31(38)51)15-20-9-5-3-6-10-20)42-32(52)22(13-14-25(45)46)39-33(53)24(16-26(47)48)41-37(57)58-18-21-11-7-4-8-12-21/h3-12,19,22-24,28-30H,13-18H2,1-2H3,(H2,38,51)(H,39,53)(H,40,55)(H,41,57)(H,42,52)(H,43,54)(H,45,46)(H,47,48)(H,49,50)/t22?,23-,24-,28-,29-,30-/m0/s1. The molecule has 1 aliphatic heterocycles. The molecule has 6 atom stereocenters. The predicted molar refractivity (Wildman–Crippen MR) is 199 cm³/mol. The van der Waals surface area contributed by atoms with Crippen LogP contribution in [-0.2, 0) is 65.7 Å². The monoisotopic (exact) mass is 827 g/mol. The number of hydrogen-bond donors (Lipinski definition) is 9. The van der Waals surface area contributed by atoms with Crippen molar-refractivity contribution in [2.75, 3.05) is 6.54 Å². The van der Waals surface area contributed by atoms with Crippen LogP contribution in [0.5, 0.6) is 0 Å². The van der Waals surface area contributed by atoms with Crippen molar-refractivity contribution in [1.29, 1.82) is 0 Å². The van der Waals surface area contributed by atoms with Gasteiger partial charge in [0, 0.05) is 12.8 Å². The molecule has 318 valence electrons. The number of nitrogens with zero attached hydrogens (tertiary/aromatic N) is 1. The highest BCUT2D eigenvalue weighted by Gasteiger charge is 2.53. The number of primary amides is 1. The van der Waals surface area contributed by atoms with Gasteiger partial charge in [0.25, 0.3) is 17.7 Å². The molecule has 1 saturated heterocycles. The van der Waals surface area contributed by atoms with Crippen LogP contribution in [0.2, 0.25) is 0 Å². The number of alkyl carbamates (subject to hydrolysis) is 1. The van der Waals surface area contributed by atoms with Gasteiger partial charge >= 0.3 is 24.0 Å². The summed E-state index contributed by atoms with van der Waals surface area (Å²) in [4.78, 5) is 126. The van der Waals surface area contributed by atoms with Gasteiger partial charge in [-0.3, -0.25) is 48.6 Å². The van der Waals surface area contributed by atoms with Crippen LogP contribution in [0.15, 0.2) is 60.7 Å². The Labute approximate surface area is 336 Å². The summed E-state index contributed by atoms with van der Waals surface area (Å²) in [7, 11) is 0. The molecule has 2 aromatic rings. The quantitative estimate of drug-likeness (QED) is 0.0466. The van der Waals surface area contributed by atoms with E-state index in [0.29, 0.717) is 16.1 Å². The molecule has 1 fully saturated rings. The number of hydrogen-bond acceptors (Lipinski definition) is 12. The number of carbonyl (C=O) groups is 10. The summed E-state index contributed by atoms with van der Waals surface area (Å²) in [5.41, 5.74) is 8.76. The molecule has 22 heteroatoms. The third-order valence-corrected chi connectivity index (χ3v) is 8.47. The molecule has 0 saturated carbocycles. The van der Waals surface area contributed by atoms with Crippen molar-refractivity contribution < 1.29 is 72.7 Å². The number of rotatable bonds is 22. The Kier molecular flexibility index (Phi) is 17.3. The Hall–Kier alpha value is -7.10. The Morgan fingerprint density at radius 1 is 0.712 bits per heavy atom. The fourth-order valence-corrected chi connectivity index (χ4v) is 5.38. The molecule has 2 aromatic carbocycles. The zero-order valence-electron chi connectivity index (χ0n) is 31.8. The molecule has 22 nitrogen and oxygen atoms in total. The predicted octanol–water partition coefficient (Wildman–Crippen LogP) is -1.83. The van der Waals surface area contributed by atoms with E-state index in [0.717, 1.165) is 0 Å². The smallest absolute Gasteiger partial charge is 0.408 e. The number of carboxylic acids is 3. The van der Waals surface area contributed by atoms with Gasteiger partial charge in [-0.25, -0.2) is 9.80 Å². The Morgan fingerprint density at radius 3 is 1.85 bits per heavy atom. The number of nitrogens with one attached hydrogen (secondary N) is 5. The fourth-order valence-electron chi connectivity index (χ4n) is 5.38. The van der Waals surface area contributed by atoms with Gasteiger partial charge < -0.3 is 51.8 Å². The van der Waals surface area contributed by atoms with Crippen LogP contribution >= 0.6 is 0 Å². The van der Waals surface area contributed by atoms with Crippen LogP contribution < -0.4 is 32.4 Å². The van der Waals surface area contributed by atoms with Gasteiger partial charge in [-0.05, 0) is 23.5 Å². The van der Waals surface area contributed by atoms with Crippen molar-refractivity contribution in [3.63, 3.8) is 0 Å². The molecule has 0 spiro atoms. The van der Waals surface area contributed by atoms with Gasteiger partial charge in [0.1, 0.15) is 37.3 Å². The maximum absolute atomic E-state index is 13.5. The molecule has 0 aliphatic carbocycles. The van der Waals surface area contributed by atoms with Crippen LogP contribution in [0, 0.1) is 5.92 Å². The normalized spacial score (nSPS) is 16.1. The van der Waals surface area contributed by atoms with E-state index < -0.39 is 128 Å². The lowest BCUT2D eigenvalue weighted by molar-refractivity contribution is -0.151. The van der Waals surface area contributed by atoms with Gasteiger partial charge in [0.05, 0.1) is 6.42 Å². The number of amides is 7. The highest BCUT2D eigenvalue weighted by Crippen LogP contribution is 2.25. The fraction of sp³-hybridized carbons (Fsp3) is 0.405. The summed E-state index contributed by atoms with van der Waals surface area (Å²) in [6.45, 7) is 1.52. The molecule has 59 heavy (non-hydrogen) atoms. The summed E-state index contributed by atoms with van der Waals surface area (Å²) in [6.07, 6.45) is -6.50. The van der Waals surface area contributed by atoms with Crippen LogP contribution in [0.4, 0.5) is 4.79 Å². The van der Waals surface area contributed by atoms with Crippen molar-refractivity contribution in [3.05, 3.63) is 71.8 Å². The first-order valence-corrected chi connectivity index (χ1v) is 18.0. The maximum atomic E-state index is 13.5. The molecule has 3 rings (SSSR count).